The topological polar surface area (TPSA) is 30.3 Å². The highest BCUT2D eigenvalue weighted by atomic mass is 15.2. The number of nitriles is 1. The van der Waals surface area contributed by atoms with Crippen LogP contribution in [0.3, 0.4) is 0 Å². The van der Waals surface area contributed by atoms with Gasteiger partial charge in [-0.3, -0.25) is 4.90 Å². The lowest BCUT2D eigenvalue weighted by Crippen LogP contribution is -2.56. The van der Waals surface area contributed by atoms with E-state index in [9.17, 15) is 5.26 Å². The fourth-order valence-corrected chi connectivity index (χ4v) is 3.44. The average Bonchev–Trinajstić information content (AvgIpc) is 2.40. The van der Waals surface area contributed by atoms with Gasteiger partial charge in [-0.2, -0.15) is 5.26 Å². The minimum absolute atomic E-state index is 0.145. The summed E-state index contributed by atoms with van der Waals surface area (Å²) in [5.41, 5.74) is -0.145. The van der Waals surface area contributed by atoms with Crippen molar-refractivity contribution in [1.29, 1.82) is 5.26 Å². The molecule has 0 aromatic heterocycles. The van der Waals surface area contributed by atoms with Crippen LogP contribution in [0.2, 0.25) is 0 Å². The summed E-state index contributed by atoms with van der Waals surface area (Å²) in [5, 5.41) is 9.65. The molecule has 18 heavy (non-hydrogen) atoms. The highest BCUT2D eigenvalue weighted by Gasteiger charge is 2.40. The summed E-state index contributed by atoms with van der Waals surface area (Å²) in [4.78, 5) is 5.01. The Kier molecular flexibility index (Phi) is 4.64. The minimum atomic E-state index is -0.145. The molecule has 2 rings (SSSR count). The van der Waals surface area contributed by atoms with E-state index in [0.29, 0.717) is 0 Å². The SMILES string of the molecule is CC(C)CN1CCC(C#N)(N2CCCCC2)CC1. The van der Waals surface area contributed by atoms with E-state index in [-0.39, 0.29) is 5.54 Å². The van der Waals surface area contributed by atoms with E-state index in [2.05, 4.69) is 29.7 Å². The van der Waals surface area contributed by atoms with E-state index < -0.39 is 0 Å². The molecule has 0 aliphatic carbocycles. The summed E-state index contributed by atoms with van der Waals surface area (Å²) in [6, 6.07) is 2.66. The first-order valence-corrected chi connectivity index (χ1v) is 7.55. The van der Waals surface area contributed by atoms with Gasteiger partial charge < -0.3 is 4.90 Å². The van der Waals surface area contributed by atoms with E-state index in [1.807, 2.05) is 0 Å². The largest absolute Gasteiger partial charge is 0.303 e. The maximum Gasteiger partial charge on any atom is 0.111 e. The molecule has 0 unspecified atom stereocenters. The summed E-state index contributed by atoms with van der Waals surface area (Å²) in [6.07, 6.45) is 5.97. The highest BCUT2D eigenvalue weighted by molar-refractivity contribution is 5.11. The van der Waals surface area contributed by atoms with Gasteiger partial charge in [-0.1, -0.05) is 20.3 Å². The maximum absolute atomic E-state index is 9.65. The van der Waals surface area contributed by atoms with E-state index in [0.717, 1.165) is 44.9 Å². The van der Waals surface area contributed by atoms with Gasteiger partial charge in [-0.05, 0) is 44.7 Å². The van der Waals surface area contributed by atoms with Crippen LogP contribution in [0.4, 0.5) is 0 Å². The molecule has 0 spiro atoms. The van der Waals surface area contributed by atoms with Crippen molar-refractivity contribution in [2.24, 2.45) is 5.92 Å². The highest BCUT2D eigenvalue weighted by Crippen LogP contribution is 2.31. The molecule has 102 valence electrons. The number of likely N-dealkylation sites (tertiary alicyclic amines) is 2. The van der Waals surface area contributed by atoms with Crippen molar-refractivity contribution in [3.63, 3.8) is 0 Å². The van der Waals surface area contributed by atoms with Gasteiger partial charge in [0.25, 0.3) is 0 Å². The number of rotatable bonds is 3. The van der Waals surface area contributed by atoms with Gasteiger partial charge in [0.05, 0.1) is 6.07 Å². The molecule has 0 atom stereocenters. The molecule has 2 saturated heterocycles. The Hall–Kier alpha value is -0.590. The molecule has 2 heterocycles. The van der Waals surface area contributed by atoms with Crippen LogP contribution in [0, 0.1) is 17.2 Å². The van der Waals surface area contributed by atoms with Gasteiger partial charge in [-0.15, -0.1) is 0 Å². The number of hydrogen-bond acceptors (Lipinski definition) is 3. The molecular formula is C15H27N3. The van der Waals surface area contributed by atoms with Crippen LogP contribution in [0.25, 0.3) is 0 Å². The van der Waals surface area contributed by atoms with E-state index >= 15 is 0 Å². The summed E-state index contributed by atoms with van der Waals surface area (Å²) >= 11 is 0. The van der Waals surface area contributed by atoms with Gasteiger partial charge in [0, 0.05) is 19.6 Å². The zero-order chi connectivity index (χ0) is 13.0. The first kappa shape index (κ1) is 13.8. The van der Waals surface area contributed by atoms with Gasteiger partial charge in [0.1, 0.15) is 5.54 Å². The van der Waals surface area contributed by atoms with Crippen molar-refractivity contribution in [3.05, 3.63) is 0 Å². The zero-order valence-corrected chi connectivity index (χ0v) is 12.0. The standard InChI is InChI=1S/C15H27N3/c1-14(2)12-17-10-6-15(13-16,7-11-17)18-8-4-3-5-9-18/h14H,3-12H2,1-2H3. The van der Waals surface area contributed by atoms with Crippen molar-refractivity contribution < 1.29 is 0 Å². The van der Waals surface area contributed by atoms with Crippen molar-refractivity contribution in [2.75, 3.05) is 32.7 Å². The third kappa shape index (κ3) is 3.05. The Morgan fingerprint density at radius 3 is 2.17 bits per heavy atom. The number of hydrogen-bond donors (Lipinski definition) is 0. The predicted octanol–water partition coefficient (Wildman–Crippen LogP) is 2.49. The number of piperidine rings is 2. The van der Waals surface area contributed by atoms with Crippen LogP contribution in [-0.4, -0.2) is 48.1 Å². The predicted molar refractivity (Wildman–Crippen MR) is 74.3 cm³/mol. The average molecular weight is 249 g/mol. The quantitative estimate of drug-likeness (QED) is 0.770. The van der Waals surface area contributed by atoms with Gasteiger partial charge in [0.15, 0.2) is 0 Å². The summed E-state index contributed by atoms with van der Waals surface area (Å²) in [6.45, 7) is 10.2. The monoisotopic (exact) mass is 249 g/mol. The molecule has 0 saturated carbocycles. The maximum atomic E-state index is 9.65. The Morgan fingerprint density at radius 2 is 1.67 bits per heavy atom. The van der Waals surface area contributed by atoms with Crippen LogP contribution in [0.1, 0.15) is 46.0 Å². The molecular weight excluding hydrogens is 222 g/mol. The van der Waals surface area contributed by atoms with E-state index in [4.69, 9.17) is 0 Å². The van der Waals surface area contributed by atoms with Crippen LogP contribution in [0.15, 0.2) is 0 Å². The smallest absolute Gasteiger partial charge is 0.111 e. The molecule has 3 nitrogen and oxygen atoms in total. The Balaban J connectivity index is 1.93. The lowest BCUT2D eigenvalue weighted by molar-refractivity contribution is 0.0434. The molecule has 2 aliphatic rings. The molecule has 3 heteroatoms. The zero-order valence-electron chi connectivity index (χ0n) is 12.0. The molecule has 0 radical (unpaired) electrons. The van der Waals surface area contributed by atoms with Crippen molar-refractivity contribution in [3.8, 4) is 6.07 Å². The Labute approximate surface area is 112 Å². The number of nitrogens with zero attached hydrogens (tertiary/aromatic N) is 3. The van der Waals surface area contributed by atoms with Crippen LogP contribution >= 0.6 is 0 Å². The first-order valence-electron chi connectivity index (χ1n) is 7.55. The Bertz CT molecular complexity index is 291. The molecule has 0 bridgehead atoms. The molecule has 0 aromatic rings. The van der Waals surface area contributed by atoms with Crippen molar-refractivity contribution >= 4 is 0 Å². The van der Waals surface area contributed by atoms with Crippen molar-refractivity contribution in [2.45, 2.75) is 51.5 Å². The first-order chi connectivity index (χ1) is 8.66. The summed E-state index contributed by atoms with van der Waals surface area (Å²) < 4.78 is 0. The molecule has 0 aromatic carbocycles. The van der Waals surface area contributed by atoms with Gasteiger partial charge in [-0.25, -0.2) is 0 Å². The second-order valence-corrected chi connectivity index (χ2v) is 6.39. The molecule has 0 amide bonds. The lowest BCUT2D eigenvalue weighted by Gasteiger charge is -2.46. The summed E-state index contributed by atoms with van der Waals surface area (Å²) in [7, 11) is 0. The summed E-state index contributed by atoms with van der Waals surface area (Å²) in [5.74, 6) is 0.731. The minimum Gasteiger partial charge on any atom is -0.303 e. The fraction of sp³-hybridized carbons (Fsp3) is 0.933. The molecule has 2 aliphatic heterocycles. The van der Waals surface area contributed by atoms with Gasteiger partial charge >= 0.3 is 0 Å². The fourth-order valence-electron chi connectivity index (χ4n) is 3.44. The third-order valence-corrected chi connectivity index (χ3v) is 4.48. The molecule has 0 N–H and O–H groups in total. The second-order valence-electron chi connectivity index (χ2n) is 6.39. The van der Waals surface area contributed by atoms with Crippen LogP contribution in [-0.2, 0) is 0 Å². The van der Waals surface area contributed by atoms with Crippen LogP contribution in [0.5, 0.6) is 0 Å². The second kappa shape index (κ2) is 6.04. The third-order valence-electron chi connectivity index (χ3n) is 4.48. The van der Waals surface area contributed by atoms with Gasteiger partial charge in [0.2, 0.25) is 0 Å². The van der Waals surface area contributed by atoms with Crippen molar-refractivity contribution in [1.82, 2.24) is 9.80 Å². The van der Waals surface area contributed by atoms with Crippen LogP contribution < -0.4 is 0 Å². The normalized spacial score (nSPS) is 26.1. The molecule has 2 fully saturated rings. The van der Waals surface area contributed by atoms with E-state index in [1.165, 1.54) is 25.8 Å². The Morgan fingerprint density at radius 1 is 1.06 bits per heavy atom. The van der Waals surface area contributed by atoms with E-state index in [1.54, 1.807) is 0 Å². The lowest BCUT2D eigenvalue weighted by atomic mass is 9.85.